The topological polar surface area (TPSA) is 86.9 Å². The third-order valence-electron chi connectivity index (χ3n) is 3.75. The van der Waals surface area contributed by atoms with Crippen LogP contribution in [0.25, 0.3) is 10.9 Å². The maximum atomic E-state index is 12.4. The second-order valence-corrected chi connectivity index (χ2v) is 6.20. The molecule has 1 unspecified atom stereocenters. The molecule has 1 aromatic carbocycles. The van der Waals surface area contributed by atoms with Crippen LogP contribution in [-0.4, -0.2) is 15.9 Å². The number of aromatic amines is 1. The van der Waals surface area contributed by atoms with Crippen LogP contribution in [0.4, 0.5) is 11.5 Å². The van der Waals surface area contributed by atoms with E-state index >= 15 is 0 Å². The Hall–Kier alpha value is -2.86. The van der Waals surface area contributed by atoms with E-state index in [0.29, 0.717) is 22.1 Å². The highest BCUT2D eigenvalue weighted by Crippen LogP contribution is 2.22. The van der Waals surface area contributed by atoms with Gasteiger partial charge in [0.2, 0.25) is 5.91 Å². The van der Waals surface area contributed by atoms with Crippen LogP contribution in [0.1, 0.15) is 25.5 Å². The van der Waals surface area contributed by atoms with E-state index in [1.807, 2.05) is 13.0 Å². The zero-order valence-corrected chi connectivity index (χ0v) is 14.5. The first kappa shape index (κ1) is 17.0. The molecule has 7 heteroatoms. The molecule has 3 aromatic rings. The van der Waals surface area contributed by atoms with Gasteiger partial charge in [0.15, 0.2) is 0 Å². The van der Waals surface area contributed by atoms with Crippen molar-refractivity contribution in [1.82, 2.24) is 9.97 Å². The molecule has 0 radical (unpaired) electrons. The van der Waals surface area contributed by atoms with E-state index in [1.165, 1.54) is 6.92 Å². The van der Waals surface area contributed by atoms with Gasteiger partial charge in [-0.15, -0.1) is 0 Å². The molecular weight excluding hydrogens is 340 g/mol. The van der Waals surface area contributed by atoms with Crippen molar-refractivity contribution in [3.05, 3.63) is 63.5 Å². The lowest BCUT2D eigenvalue weighted by atomic mass is 10.1. The number of benzene rings is 1. The van der Waals surface area contributed by atoms with Gasteiger partial charge >= 0.3 is 0 Å². The van der Waals surface area contributed by atoms with Crippen LogP contribution in [0.2, 0.25) is 5.02 Å². The number of anilines is 2. The van der Waals surface area contributed by atoms with Crippen molar-refractivity contribution in [1.29, 1.82) is 0 Å². The summed E-state index contributed by atoms with van der Waals surface area (Å²) >= 11 is 6.03. The zero-order chi connectivity index (χ0) is 18.0. The van der Waals surface area contributed by atoms with E-state index in [0.717, 1.165) is 10.9 Å². The molecule has 0 aliphatic carbocycles. The van der Waals surface area contributed by atoms with Crippen molar-refractivity contribution in [2.24, 2.45) is 0 Å². The third-order valence-corrected chi connectivity index (χ3v) is 3.98. The third kappa shape index (κ3) is 3.97. The fourth-order valence-electron chi connectivity index (χ4n) is 2.61. The Labute approximate surface area is 149 Å². The van der Waals surface area contributed by atoms with Crippen molar-refractivity contribution in [3.63, 3.8) is 0 Å². The normalized spacial score (nSPS) is 12.0. The van der Waals surface area contributed by atoms with Gasteiger partial charge in [0.1, 0.15) is 5.82 Å². The number of pyridine rings is 2. The average molecular weight is 357 g/mol. The summed E-state index contributed by atoms with van der Waals surface area (Å²) in [5.41, 5.74) is 1.77. The number of hydrogen-bond donors (Lipinski definition) is 3. The first-order valence-corrected chi connectivity index (χ1v) is 8.13. The Balaban J connectivity index is 1.89. The highest BCUT2D eigenvalue weighted by atomic mass is 35.5. The van der Waals surface area contributed by atoms with Crippen LogP contribution in [0.5, 0.6) is 0 Å². The highest BCUT2D eigenvalue weighted by molar-refractivity contribution is 6.31. The van der Waals surface area contributed by atoms with E-state index in [2.05, 4.69) is 20.6 Å². The summed E-state index contributed by atoms with van der Waals surface area (Å²) in [4.78, 5) is 30.6. The maximum absolute atomic E-state index is 12.4. The van der Waals surface area contributed by atoms with Gasteiger partial charge in [0, 0.05) is 46.4 Å². The second kappa shape index (κ2) is 6.94. The zero-order valence-electron chi connectivity index (χ0n) is 13.8. The lowest BCUT2D eigenvalue weighted by Gasteiger charge is -2.15. The minimum absolute atomic E-state index is 0.159. The quantitative estimate of drug-likeness (QED) is 0.665. The molecule has 3 N–H and O–H groups in total. The molecule has 2 heterocycles. The fraction of sp³-hybridized carbons (Fsp3) is 0.167. The predicted octanol–water partition coefficient (Wildman–Crippen LogP) is 3.71. The Bertz CT molecular complexity index is 1000. The SMILES string of the molecule is CC(=O)Nc1ccnc(NC(C)c2cc3cc(Cl)ccc3[nH]c2=O)c1. The molecule has 0 spiro atoms. The molecular formula is C18H17ClN4O2. The molecule has 128 valence electrons. The van der Waals surface area contributed by atoms with Gasteiger partial charge in [0.05, 0.1) is 6.04 Å². The Kier molecular flexibility index (Phi) is 4.72. The van der Waals surface area contributed by atoms with Crippen molar-refractivity contribution in [2.75, 3.05) is 10.6 Å². The molecule has 0 bridgehead atoms. The number of nitrogens with one attached hydrogen (secondary N) is 3. The molecule has 0 saturated carbocycles. The van der Waals surface area contributed by atoms with E-state index in [4.69, 9.17) is 11.6 Å². The summed E-state index contributed by atoms with van der Waals surface area (Å²) in [6.45, 7) is 3.31. The molecule has 6 nitrogen and oxygen atoms in total. The molecule has 2 aromatic heterocycles. The first-order valence-electron chi connectivity index (χ1n) is 7.75. The number of carbonyl (C=O) groups is 1. The lowest BCUT2D eigenvalue weighted by Crippen LogP contribution is -2.19. The molecule has 1 amide bonds. The Morgan fingerprint density at radius 3 is 2.80 bits per heavy atom. The number of carbonyl (C=O) groups excluding carboxylic acids is 1. The molecule has 0 aliphatic heterocycles. The predicted molar refractivity (Wildman–Crippen MR) is 100 cm³/mol. The van der Waals surface area contributed by atoms with Crippen LogP contribution in [0.15, 0.2) is 47.4 Å². The van der Waals surface area contributed by atoms with Gasteiger partial charge in [-0.3, -0.25) is 9.59 Å². The number of hydrogen-bond acceptors (Lipinski definition) is 4. The van der Waals surface area contributed by atoms with Gasteiger partial charge in [-0.2, -0.15) is 0 Å². The first-order chi connectivity index (χ1) is 11.9. The number of amides is 1. The van der Waals surface area contributed by atoms with Crippen molar-refractivity contribution in [3.8, 4) is 0 Å². The lowest BCUT2D eigenvalue weighted by molar-refractivity contribution is -0.114. The van der Waals surface area contributed by atoms with Crippen LogP contribution >= 0.6 is 11.6 Å². The number of aromatic nitrogens is 2. The number of H-pyrrole nitrogens is 1. The standard InChI is InChI=1S/C18H17ClN4O2/c1-10(21-17-9-14(5-6-20-17)22-11(2)24)15-8-12-7-13(19)3-4-16(12)23-18(15)25/h3-10H,1-2H3,(H,23,25)(H2,20,21,22,24). The average Bonchev–Trinajstić information content (AvgIpc) is 2.54. The summed E-state index contributed by atoms with van der Waals surface area (Å²) in [5.74, 6) is 0.400. The Morgan fingerprint density at radius 1 is 1.24 bits per heavy atom. The summed E-state index contributed by atoms with van der Waals surface area (Å²) in [6.07, 6.45) is 1.59. The summed E-state index contributed by atoms with van der Waals surface area (Å²) in [5, 5.41) is 7.34. The van der Waals surface area contributed by atoms with E-state index in [9.17, 15) is 9.59 Å². The minimum Gasteiger partial charge on any atom is -0.363 e. The molecule has 0 saturated heterocycles. The van der Waals surface area contributed by atoms with E-state index in [1.54, 1.807) is 36.5 Å². The van der Waals surface area contributed by atoms with Gasteiger partial charge in [-0.1, -0.05) is 11.6 Å². The molecule has 1 atom stereocenters. The van der Waals surface area contributed by atoms with Gasteiger partial charge in [-0.05, 0) is 37.3 Å². The molecule has 3 rings (SSSR count). The van der Waals surface area contributed by atoms with Crippen LogP contribution in [0.3, 0.4) is 0 Å². The van der Waals surface area contributed by atoms with Crippen molar-refractivity contribution >= 4 is 39.9 Å². The fourth-order valence-corrected chi connectivity index (χ4v) is 2.79. The van der Waals surface area contributed by atoms with Crippen LogP contribution in [0, 0.1) is 0 Å². The summed E-state index contributed by atoms with van der Waals surface area (Å²) < 4.78 is 0. The summed E-state index contributed by atoms with van der Waals surface area (Å²) in [7, 11) is 0. The van der Waals surface area contributed by atoms with Gasteiger partial charge in [0.25, 0.3) is 5.56 Å². The van der Waals surface area contributed by atoms with Crippen LogP contribution < -0.4 is 16.2 Å². The molecule has 0 fully saturated rings. The number of nitrogens with zero attached hydrogens (tertiary/aromatic N) is 1. The monoisotopic (exact) mass is 356 g/mol. The van der Waals surface area contributed by atoms with E-state index in [-0.39, 0.29) is 17.5 Å². The summed E-state index contributed by atoms with van der Waals surface area (Å²) in [6, 6.07) is 10.3. The smallest absolute Gasteiger partial charge is 0.253 e. The van der Waals surface area contributed by atoms with Crippen molar-refractivity contribution < 1.29 is 4.79 Å². The second-order valence-electron chi connectivity index (χ2n) is 5.76. The molecule has 25 heavy (non-hydrogen) atoms. The van der Waals surface area contributed by atoms with Crippen LogP contribution in [-0.2, 0) is 4.79 Å². The molecule has 0 aliphatic rings. The number of rotatable bonds is 4. The van der Waals surface area contributed by atoms with Crippen molar-refractivity contribution in [2.45, 2.75) is 19.9 Å². The number of fused-ring (bicyclic) bond motifs is 1. The largest absolute Gasteiger partial charge is 0.363 e. The van der Waals surface area contributed by atoms with E-state index < -0.39 is 0 Å². The van der Waals surface area contributed by atoms with Gasteiger partial charge in [-0.25, -0.2) is 4.98 Å². The highest BCUT2D eigenvalue weighted by Gasteiger charge is 2.12. The Morgan fingerprint density at radius 2 is 2.04 bits per heavy atom. The number of halogens is 1. The van der Waals surface area contributed by atoms with Gasteiger partial charge < -0.3 is 15.6 Å². The minimum atomic E-state index is -0.285. The maximum Gasteiger partial charge on any atom is 0.253 e.